The first-order valence-corrected chi connectivity index (χ1v) is 8.04. The molecule has 1 aromatic carbocycles. The molecule has 0 unspecified atom stereocenters. The Morgan fingerprint density at radius 2 is 2.05 bits per heavy atom. The fourth-order valence-electron chi connectivity index (χ4n) is 1.07. The van der Waals surface area contributed by atoms with Gasteiger partial charge < -0.3 is 5.11 Å². The number of carboxylic acids is 1. The fourth-order valence-corrected chi connectivity index (χ4v) is 3.71. The molecule has 104 valence electrons. The van der Waals surface area contributed by atoms with E-state index in [9.17, 15) is 14.9 Å². The summed E-state index contributed by atoms with van der Waals surface area (Å²) < 4.78 is -1.82. The topological polar surface area (TPSA) is 80.4 Å². The van der Waals surface area contributed by atoms with Gasteiger partial charge in [-0.25, -0.2) is 0 Å². The number of alkyl halides is 3. The van der Waals surface area contributed by atoms with Crippen molar-refractivity contribution in [1.82, 2.24) is 0 Å². The van der Waals surface area contributed by atoms with Crippen molar-refractivity contribution < 1.29 is 14.8 Å². The molecule has 1 rings (SSSR count). The fraction of sp³-hybridized carbons (Fsp3) is 0.222. The number of aliphatic carboxylic acids is 1. The average Bonchev–Trinajstić information content (AvgIpc) is 2.27. The van der Waals surface area contributed by atoms with Crippen LogP contribution in [0.2, 0.25) is 0 Å². The van der Waals surface area contributed by atoms with E-state index in [0.29, 0.717) is 4.90 Å². The Morgan fingerprint density at radius 3 is 2.53 bits per heavy atom. The number of carboxylic acid groups (broad SMARTS) is 1. The summed E-state index contributed by atoms with van der Waals surface area (Å²) in [6.07, 6.45) is 0. The molecule has 0 bridgehead atoms. The number of nitro benzene ring substituents is 1. The zero-order valence-electron chi connectivity index (χ0n) is 9.01. The van der Waals surface area contributed by atoms with E-state index in [2.05, 4.69) is 0 Å². The van der Waals surface area contributed by atoms with E-state index in [1.54, 1.807) is 0 Å². The number of carbonyl (C=O) groups is 1. The molecule has 0 aliphatic rings. The molecule has 0 aliphatic carbocycles. The summed E-state index contributed by atoms with van der Waals surface area (Å²) in [5.41, 5.74) is -0.0523. The lowest BCUT2D eigenvalue weighted by atomic mass is 10.2. The minimum Gasteiger partial charge on any atom is -0.481 e. The summed E-state index contributed by atoms with van der Waals surface area (Å²) in [7, 11) is 2.11. The molecule has 0 aliphatic heterocycles. The molecule has 1 N–H and O–H groups in total. The molecule has 0 spiro atoms. The van der Waals surface area contributed by atoms with Gasteiger partial charge in [0, 0.05) is 22.6 Å². The van der Waals surface area contributed by atoms with Crippen molar-refractivity contribution in [3.8, 4) is 0 Å². The van der Waals surface area contributed by atoms with Gasteiger partial charge in [-0.3, -0.25) is 14.9 Å². The third kappa shape index (κ3) is 5.27. The van der Waals surface area contributed by atoms with E-state index in [-0.39, 0.29) is 17.0 Å². The van der Waals surface area contributed by atoms with Crippen molar-refractivity contribution in [2.75, 3.05) is 5.75 Å². The van der Waals surface area contributed by atoms with E-state index in [0.717, 1.165) is 27.7 Å². The summed E-state index contributed by atoms with van der Waals surface area (Å²) in [6, 6.07) is 3.86. The van der Waals surface area contributed by atoms with Crippen molar-refractivity contribution in [1.29, 1.82) is 0 Å². The Bertz CT molecular complexity index is 507. The monoisotopic (exact) mass is 361 g/mol. The summed E-state index contributed by atoms with van der Waals surface area (Å²) in [5, 5.41) is 19.2. The van der Waals surface area contributed by atoms with E-state index >= 15 is 0 Å². The molecule has 5 nitrogen and oxygen atoms in total. The van der Waals surface area contributed by atoms with Gasteiger partial charge in [0.25, 0.3) is 5.69 Å². The van der Waals surface area contributed by atoms with Crippen LogP contribution in [0.15, 0.2) is 23.1 Å². The molecule has 0 saturated carbocycles. The predicted molar refractivity (Wildman–Crippen MR) is 78.3 cm³/mol. The third-order valence-corrected chi connectivity index (χ3v) is 4.69. The number of hydrogen-bond donors (Lipinski definition) is 1. The van der Waals surface area contributed by atoms with Crippen molar-refractivity contribution in [2.24, 2.45) is 0 Å². The van der Waals surface area contributed by atoms with Gasteiger partial charge in [-0.1, -0.05) is 56.4 Å². The maximum atomic E-state index is 10.7. The van der Waals surface area contributed by atoms with Crippen LogP contribution in [0.25, 0.3) is 0 Å². The molecular formula is C9H6Cl3NO4S2. The molecule has 0 amide bonds. The van der Waals surface area contributed by atoms with Crippen molar-refractivity contribution >= 4 is 68.0 Å². The minimum atomic E-state index is -1.82. The van der Waals surface area contributed by atoms with Crippen LogP contribution in [0.4, 0.5) is 5.69 Å². The molecule has 0 aromatic heterocycles. The Balaban J connectivity index is 3.03. The Kier molecular flexibility index (Phi) is 6.07. The molecular weight excluding hydrogens is 357 g/mol. The SMILES string of the molecule is O=C(O)CSSc1ccc([N+](=O)[O-])cc1C(Cl)(Cl)Cl. The molecule has 0 fully saturated rings. The number of rotatable bonds is 5. The highest BCUT2D eigenvalue weighted by molar-refractivity contribution is 8.76. The smallest absolute Gasteiger partial charge is 0.314 e. The predicted octanol–water partition coefficient (Wildman–Crippen LogP) is 4.25. The average molecular weight is 363 g/mol. The lowest BCUT2D eigenvalue weighted by Crippen LogP contribution is -2.03. The number of halogens is 3. The number of hydrogen-bond acceptors (Lipinski definition) is 5. The molecule has 0 atom stereocenters. The van der Waals surface area contributed by atoms with Crippen LogP contribution in [0, 0.1) is 10.1 Å². The van der Waals surface area contributed by atoms with Crippen molar-refractivity contribution in [2.45, 2.75) is 8.69 Å². The molecule has 0 radical (unpaired) electrons. The molecule has 1 aromatic rings. The lowest BCUT2D eigenvalue weighted by molar-refractivity contribution is -0.385. The first-order valence-electron chi connectivity index (χ1n) is 4.58. The van der Waals surface area contributed by atoms with Crippen LogP contribution in [-0.4, -0.2) is 21.8 Å². The maximum absolute atomic E-state index is 10.7. The van der Waals surface area contributed by atoms with Crippen LogP contribution in [0.5, 0.6) is 0 Å². The minimum absolute atomic E-state index is 0.138. The summed E-state index contributed by atoms with van der Waals surface area (Å²) in [5.74, 6) is -1.11. The van der Waals surface area contributed by atoms with Crippen molar-refractivity contribution in [3.63, 3.8) is 0 Å². The quantitative estimate of drug-likeness (QED) is 0.365. The zero-order chi connectivity index (χ0) is 14.6. The largest absolute Gasteiger partial charge is 0.481 e. The number of nitrogens with zero attached hydrogens (tertiary/aromatic N) is 1. The Labute approximate surface area is 131 Å². The van der Waals surface area contributed by atoms with Gasteiger partial charge in [0.2, 0.25) is 3.79 Å². The van der Waals surface area contributed by atoms with Crippen LogP contribution in [-0.2, 0) is 8.59 Å². The Hall–Kier alpha value is -0.340. The first-order chi connectivity index (χ1) is 8.71. The van der Waals surface area contributed by atoms with Gasteiger partial charge in [-0.05, 0) is 6.07 Å². The number of non-ortho nitro benzene ring substituents is 1. The van der Waals surface area contributed by atoms with Crippen LogP contribution in [0.3, 0.4) is 0 Å². The standard InChI is InChI=1S/C9H6Cl3NO4S2/c10-9(11,12)6-3-5(13(16)17)1-2-7(6)19-18-4-8(14)15/h1-3H,4H2,(H,14,15). The van der Waals surface area contributed by atoms with E-state index in [1.165, 1.54) is 12.1 Å². The summed E-state index contributed by atoms with van der Waals surface area (Å²) in [6.45, 7) is 0. The van der Waals surface area contributed by atoms with Gasteiger partial charge in [-0.2, -0.15) is 0 Å². The lowest BCUT2D eigenvalue weighted by Gasteiger charge is -2.15. The number of nitro groups is 1. The van der Waals surface area contributed by atoms with Gasteiger partial charge in [-0.15, -0.1) is 0 Å². The molecule has 19 heavy (non-hydrogen) atoms. The zero-order valence-corrected chi connectivity index (χ0v) is 12.9. The second kappa shape index (κ2) is 6.90. The highest BCUT2D eigenvalue weighted by Crippen LogP contribution is 2.46. The first kappa shape index (κ1) is 16.7. The van der Waals surface area contributed by atoms with E-state index in [1.807, 2.05) is 0 Å². The van der Waals surface area contributed by atoms with Gasteiger partial charge >= 0.3 is 5.97 Å². The summed E-state index contributed by atoms with van der Waals surface area (Å²) in [4.78, 5) is 21.0. The maximum Gasteiger partial charge on any atom is 0.314 e. The van der Waals surface area contributed by atoms with E-state index < -0.39 is 14.7 Å². The second-order valence-corrected chi connectivity index (χ2v) is 7.79. The summed E-state index contributed by atoms with van der Waals surface area (Å²) >= 11 is 17.3. The van der Waals surface area contributed by atoms with Crippen LogP contribution in [0.1, 0.15) is 5.56 Å². The normalized spacial score (nSPS) is 11.3. The van der Waals surface area contributed by atoms with E-state index in [4.69, 9.17) is 39.9 Å². The molecule has 0 saturated heterocycles. The van der Waals surface area contributed by atoms with Gasteiger partial charge in [0.05, 0.1) is 4.92 Å². The second-order valence-electron chi connectivity index (χ2n) is 3.17. The van der Waals surface area contributed by atoms with Crippen LogP contribution < -0.4 is 0 Å². The van der Waals surface area contributed by atoms with Gasteiger partial charge in [0.1, 0.15) is 5.75 Å². The van der Waals surface area contributed by atoms with Gasteiger partial charge in [0.15, 0.2) is 0 Å². The highest BCUT2D eigenvalue weighted by atomic mass is 35.6. The molecule has 0 heterocycles. The third-order valence-electron chi connectivity index (χ3n) is 1.81. The molecule has 10 heteroatoms. The van der Waals surface area contributed by atoms with Crippen LogP contribution >= 0.6 is 56.4 Å². The highest BCUT2D eigenvalue weighted by Gasteiger charge is 2.28. The Morgan fingerprint density at radius 1 is 1.42 bits per heavy atom. The number of benzene rings is 1. The van der Waals surface area contributed by atoms with Crippen molar-refractivity contribution in [3.05, 3.63) is 33.9 Å².